The Labute approximate surface area is 80.2 Å². The molecule has 0 N–H and O–H groups in total. The van der Waals surface area contributed by atoms with E-state index in [2.05, 4.69) is 13.8 Å². The summed E-state index contributed by atoms with van der Waals surface area (Å²) in [4.78, 5) is 11.4. The lowest BCUT2D eigenvalue weighted by atomic mass is 9.64. The molecule has 1 heteroatoms. The van der Waals surface area contributed by atoms with Crippen LogP contribution in [0.2, 0.25) is 0 Å². The molecule has 2 aliphatic carbocycles. The largest absolute Gasteiger partial charge is 0.300 e. The van der Waals surface area contributed by atoms with Gasteiger partial charge in [-0.05, 0) is 38.0 Å². The van der Waals surface area contributed by atoms with Gasteiger partial charge in [-0.25, -0.2) is 0 Å². The van der Waals surface area contributed by atoms with Gasteiger partial charge in [0.1, 0.15) is 5.78 Å². The Balaban J connectivity index is 2.34. The predicted octanol–water partition coefficient (Wildman–Crippen LogP) is 3.25. The first kappa shape index (κ1) is 8.98. The van der Waals surface area contributed by atoms with Gasteiger partial charge in [0.25, 0.3) is 0 Å². The monoisotopic (exact) mass is 178 g/mol. The van der Waals surface area contributed by atoms with Crippen LogP contribution < -0.4 is 0 Å². The summed E-state index contributed by atoms with van der Waals surface area (Å²) in [5.41, 5.74) is 3.43. The molecule has 72 valence electrons. The summed E-state index contributed by atoms with van der Waals surface area (Å²) in [5, 5.41) is 0. The van der Waals surface area contributed by atoms with E-state index >= 15 is 0 Å². The molecule has 0 bridgehead atoms. The molecule has 0 unspecified atom stereocenters. The van der Waals surface area contributed by atoms with Crippen molar-refractivity contribution >= 4 is 5.78 Å². The van der Waals surface area contributed by atoms with Crippen molar-refractivity contribution in [3.8, 4) is 0 Å². The molecule has 0 spiro atoms. The highest BCUT2D eigenvalue weighted by atomic mass is 16.1. The zero-order chi connectivity index (χ0) is 9.47. The highest BCUT2D eigenvalue weighted by molar-refractivity contribution is 5.81. The maximum Gasteiger partial charge on any atom is 0.134 e. The maximum atomic E-state index is 11.4. The number of carbonyl (C=O) groups is 1. The topological polar surface area (TPSA) is 17.1 Å². The van der Waals surface area contributed by atoms with Gasteiger partial charge >= 0.3 is 0 Å². The second-order valence-corrected chi connectivity index (χ2v) is 4.89. The SMILES string of the molecule is CC1=C2CCC(=O)C[C@@]2(C)CCC1. The number of rotatable bonds is 0. The lowest BCUT2D eigenvalue weighted by Crippen LogP contribution is -2.31. The van der Waals surface area contributed by atoms with Crippen molar-refractivity contribution in [3.05, 3.63) is 11.1 Å². The number of Topliss-reactive ketones (excluding diaryl/α,β-unsaturated/α-hetero) is 1. The number of fused-ring (bicyclic) bond motifs is 1. The molecular formula is C12H18O. The number of carbonyl (C=O) groups excluding carboxylic acids is 1. The van der Waals surface area contributed by atoms with Crippen LogP contribution in [0.4, 0.5) is 0 Å². The van der Waals surface area contributed by atoms with E-state index < -0.39 is 0 Å². The molecule has 2 aliphatic rings. The van der Waals surface area contributed by atoms with Crippen LogP contribution in [-0.2, 0) is 4.79 Å². The molecule has 1 saturated carbocycles. The summed E-state index contributed by atoms with van der Waals surface area (Å²) in [5.74, 6) is 0.473. The Morgan fingerprint density at radius 3 is 2.77 bits per heavy atom. The van der Waals surface area contributed by atoms with E-state index in [0.29, 0.717) is 5.78 Å². The maximum absolute atomic E-state index is 11.4. The van der Waals surface area contributed by atoms with Crippen LogP contribution >= 0.6 is 0 Å². The first-order valence-corrected chi connectivity index (χ1v) is 5.33. The van der Waals surface area contributed by atoms with Gasteiger partial charge in [-0.15, -0.1) is 0 Å². The van der Waals surface area contributed by atoms with Crippen LogP contribution in [0.25, 0.3) is 0 Å². The van der Waals surface area contributed by atoms with E-state index in [1.54, 1.807) is 11.1 Å². The summed E-state index contributed by atoms with van der Waals surface area (Å²) in [7, 11) is 0. The van der Waals surface area contributed by atoms with E-state index in [4.69, 9.17) is 0 Å². The minimum Gasteiger partial charge on any atom is -0.300 e. The van der Waals surface area contributed by atoms with E-state index in [0.717, 1.165) is 19.3 Å². The van der Waals surface area contributed by atoms with Gasteiger partial charge in [-0.2, -0.15) is 0 Å². The van der Waals surface area contributed by atoms with Crippen LogP contribution in [0.1, 0.15) is 52.4 Å². The summed E-state index contributed by atoms with van der Waals surface area (Å²) in [6.45, 7) is 4.53. The highest BCUT2D eigenvalue weighted by Crippen LogP contribution is 2.48. The Bertz CT molecular complexity index is 275. The lowest BCUT2D eigenvalue weighted by molar-refractivity contribution is -0.122. The fourth-order valence-corrected chi connectivity index (χ4v) is 3.06. The number of allylic oxidation sites excluding steroid dienone is 2. The van der Waals surface area contributed by atoms with Gasteiger partial charge in [-0.3, -0.25) is 4.79 Å². The molecule has 0 aromatic heterocycles. The standard InChI is InChI=1S/C12H18O/c1-9-4-3-7-12(2)8-10(13)5-6-11(9)12/h3-8H2,1-2H3/t12-/m1/s1. The van der Waals surface area contributed by atoms with Gasteiger partial charge < -0.3 is 0 Å². The van der Waals surface area contributed by atoms with E-state index in [9.17, 15) is 4.79 Å². The molecule has 0 radical (unpaired) electrons. The molecule has 1 atom stereocenters. The molecule has 2 rings (SSSR count). The van der Waals surface area contributed by atoms with Crippen molar-refractivity contribution in [2.45, 2.75) is 52.4 Å². The van der Waals surface area contributed by atoms with Crippen molar-refractivity contribution in [1.82, 2.24) is 0 Å². The van der Waals surface area contributed by atoms with E-state index in [1.807, 2.05) is 0 Å². The van der Waals surface area contributed by atoms with Crippen LogP contribution in [0, 0.1) is 5.41 Å². The first-order chi connectivity index (χ1) is 6.12. The normalized spacial score (nSPS) is 34.8. The van der Waals surface area contributed by atoms with Crippen molar-refractivity contribution in [3.63, 3.8) is 0 Å². The van der Waals surface area contributed by atoms with Crippen molar-refractivity contribution in [2.24, 2.45) is 5.41 Å². The average molecular weight is 178 g/mol. The highest BCUT2D eigenvalue weighted by Gasteiger charge is 2.37. The Morgan fingerprint density at radius 2 is 2.00 bits per heavy atom. The number of hydrogen-bond acceptors (Lipinski definition) is 1. The smallest absolute Gasteiger partial charge is 0.134 e. The number of ketones is 1. The third-order valence-electron chi connectivity index (χ3n) is 3.77. The molecule has 0 heterocycles. The molecule has 0 amide bonds. The third kappa shape index (κ3) is 1.45. The van der Waals surface area contributed by atoms with Crippen LogP contribution in [0.5, 0.6) is 0 Å². The van der Waals surface area contributed by atoms with Crippen LogP contribution in [-0.4, -0.2) is 5.78 Å². The second-order valence-electron chi connectivity index (χ2n) is 4.89. The van der Waals surface area contributed by atoms with Crippen LogP contribution in [0.3, 0.4) is 0 Å². The Hall–Kier alpha value is -0.590. The van der Waals surface area contributed by atoms with Gasteiger partial charge in [-0.1, -0.05) is 18.1 Å². The van der Waals surface area contributed by atoms with E-state index in [-0.39, 0.29) is 5.41 Å². The summed E-state index contributed by atoms with van der Waals surface area (Å²) in [6, 6.07) is 0. The van der Waals surface area contributed by atoms with Gasteiger partial charge in [0.05, 0.1) is 0 Å². The summed E-state index contributed by atoms with van der Waals surface area (Å²) >= 11 is 0. The van der Waals surface area contributed by atoms with Crippen molar-refractivity contribution < 1.29 is 4.79 Å². The van der Waals surface area contributed by atoms with Crippen LogP contribution in [0.15, 0.2) is 11.1 Å². The second kappa shape index (κ2) is 2.97. The number of hydrogen-bond donors (Lipinski definition) is 0. The van der Waals surface area contributed by atoms with E-state index in [1.165, 1.54) is 19.3 Å². The zero-order valence-electron chi connectivity index (χ0n) is 8.65. The zero-order valence-corrected chi connectivity index (χ0v) is 8.65. The quantitative estimate of drug-likeness (QED) is 0.520. The van der Waals surface area contributed by atoms with Crippen molar-refractivity contribution in [2.75, 3.05) is 0 Å². The lowest BCUT2D eigenvalue weighted by Gasteiger charge is -2.40. The average Bonchev–Trinajstić information content (AvgIpc) is 2.02. The van der Waals surface area contributed by atoms with Gasteiger partial charge in [0.15, 0.2) is 0 Å². The Kier molecular flexibility index (Phi) is 2.05. The fraction of sp³-hybridized carbons (Fsp3) is 0.750. The summed E-state index contributed by atoms with van der Waals surface area (Å²) in [6.07, 6.45) is 6.41. The van der Waals surface area contributed by atoms with Gasteiger partial charge in [0.2, 0.25) is 0 Å². The molecule has 0 aromatic rings. The molecule has 0 aliphatic heterocycles. The molecule has 13 heavy (non-hydrogen) atoms. The minimum atomic E-state index is 0.248. The molecule has 0 saturated heterocycles. The summed E-state index contributed by atoms with van der Waals surface area (Å²) < 4.78 is 0. The molecule has 1 fully saturated rings. The molecule has 1 nitrogen and oxygen atoms in total. The minimum absolute atomic E-state index is 0.248. The van der Waals surface area contributed by atoms with Gasteiger partial charge in [0, 0.05) is 12.8 Å². The Morgan fingerprint density at radius 1 is 1.23 bits per heavy atom. The molecular weight excluding hydrogens is 160 g/mol. The van der Waals surface area contributed by atoms with Crippen molar-refractivity contribution in [1.29, 1.82) is 0 Å². The third-order valence-corrected chi connectivity index (χ3v) is 3.77. The molecule has 0 aromatic carbocycles. The predicted molar refractivity (Wildman–Crippen MR) is 53.5 cm³/mol. The first-order valence-electron chi connectivity index (χ1n) is 5.33. The fourth-order valence-electron chi connectivity index (χ4n) is 3.06.